The van der Waals surface area contributed by atoms with Crippen LogP contribution in [0.5, 0.6) is 0 Å². The summed E-state index contributed by atoms with van der Waals surface area (Å²) in [7, 11) is 1.53. The molecule has 0 spiro atoms. The fraction of sp³-hybridized carbons (Fsp3) is 0.800. The molecule has 2 N–H and O–H groups in total. The molecule has 0 bridgehead atoms. The van der Waals surface area contributed by atoms with E-state index >= 15 is 0 Å². The first-order valence-electron chi connectivity index (χ1n) is 5.10. The highest BCUT2D eigenvalue weighted by atomic mass is 16.5. The molecule has 5 heteroatoms. The first-order valence-corrected chi connectivity index (χ1v) is 5.10. The SMILES string of the molecule is COCCC(=O)NCC1(C(=O)O)CCC1. The largest absolute Gasteiger partial charge is 0.481 e. The van der Waals surface area contributed by atoms with Gasteiger partial charge in [-0.15, -0.1) is 0 Å². The first-order chi connectivity index (χ1) is 7.10. The molecular weight excluding hydrogens is 198 g/mol. The predicted molar refractivity (Wildman–Crippen MR) is 53.4 cm³/mol. The number of carboxylic acids is 1. The third-order valence-electron chi connectivity index (χ3n) is 2.92. The van der Waals surface area contributed by atoms with E-state index in [0.717, 1.165) is 6.42 Å². The Hall–Kier alpha value is -1.10. The summed E-state index contributed by atoms with van der Waals surface area (Å²) in [5.41, 5.74) is -0.706. The molecule has 1 aliphatic rings. The number of amides is 1. The van der Waals surface area contributed by atoms with Crippen molar-refractivity contribution in [1.82, 2.24) is 5.32 Å². The fourth-order valence-electron chi connectivity index (χ4n) is 1.62. The van der Waals surface area contributed by atoms with Gasteiger partial charge in [0.1, 0.15) is 0 Å². The van der Waals surface area contributed by atoms with Crippen molar-refractivity contribution in [1.29, 1.82) is 0 Å². The van der Waals surface area contributed by atoms with E-state index < -0.39 is 11.4 Å². The van der Waals surface area contributed by atoms with E-state index in [4.69, 9.17) is 9.84 Å². The van der Waals surface area contributed by atoms with Gasteiger partial charge in [0, 0.05) is 20.1 Å². The van der Waals surface area contributed by atoms with Crippen LogP contribution in [-0.4, -0.2) is 37.2 Å². The topological polar surface area (TPSA) is 75.6 Å². The molecule has 0 radical (unpaired) electrons. The second-order valence-electron chi connectivity index (χ2n) is 3.96. The average molecular weight is 215 g/mol. The minimum absolute atomic E-state index is 0.149. The summed E-state index contributed by atoms with van der Waals surface area (Å²) in [5.74, 6) is -0.954. The van der Waals surface area contributed by atoms with E-state index in [0.29, 0.717) is 19.4 Å². The lowest BCUT2D eigenvalue weighted by Crippen LogP contribution is -2.47. The van der Waals surface area contributed by atoms with Gasteiger partial charge in [-0.1, -0.05) is 6.42 Å². The quantitative estimate of drug-likeness (QED) is 0.672. The van der Waals surface area contributed by atoms with Gasteiger partial charge in [-0.2, -0.15) is 0 Å². The number of carboxylic acid groups (broad SMARTS) is 1. The number of carbonyl (C=O) groups excluding carboxylic acids is 1. The molecule has 86 valence electrons. The third-order valence-corrected chi connectivity index (χ3v) is 2.92. The first kappa shape index (κ1) is 12.0. The summed E-state index contributed by atoms with van der Waals surface area (Å²) in [4.78, 5) is 22.2. The Morgan fingerprint density at radius 3 is 2.53 bits per heavy atom. The lowest BCUT2D eigenvalue weighted by Gasteiger charge is -2.37. The summed E-state index contributed by atoms with van der Waals surface area (Å²) < 4.78 is 4.76. The Morgan fingerprint density at radius 2 is 2.13 bits per heavy atom. The van der Waals surface area contributed by atoms with E-state index in [1.807, 2.05) is 0 Å². The van der Waals surface area contributed by atoms with Crippen LogP contribution in [0.1, 0.15) is 25.7 Å². The van der Waals surface area contributed by atoms with E-state index in [1.54, 1.807) is 0 Å². The molecule has 1 rings (SSSR count). The van der Waals surface area contributed by atoms with Gasteiger partial charge >= 0.3 is 5.97 Å². The van der Waals surface area contributed by atoms with Crippen LogP contribution >= 0.6 is 0 Å². The van der Waals surface area contributed by atoms with Gasteiger partial charge < -0.3 is 15.2 Å². The molecule has 1 fully saturated rings. The lowest BCUT2D eigenvalue weighted by atomic mass is 9.69. The number of ether oxygens (including phenoxy) is 1. The van der Waals surface area contributed by atoms with E-state index in [-0.39, 0.29) is 18.9 Å². The van der Waals surface area contributed by atoms with Crippen LogP contribution in [0.3, 0.4) is 0 Å². The van der Waals surface area contributed by atoms with Crippen molar-refractivity contribution in [2.75, 3.05) is 20.3 Å². The zero-order valence-corrected chi connectivity index (χ0v) is 8.91. The van der Waals surface area contributed by atoms with Crippen molar-refractivity contribution >= 4 is 11.9 Å². The number of nitrogens with one attached hydrogen (secondary N) is 1. The van der Waals surface area contributed by atoms with E-state index in [1.165, 1.54) is 7.11 Å². The van der Waals surface area contributed by atoms with Crippen LogP contribution in [0, 0.1) is 5.41 Å². The maximum absolute atomic E-state index is 11.2. The van der Waals surface area contributed by atoms with Gasteiger partial charge in [0.25, 0.3) is 0 Å². The number of methoxy groups -OCH3 is 1. The summed E-state index contributed by atoms with van der Waals surface area (Å²) >= 11 is 0. The normalized spacial score (nSPS) is 17.9. The van der Waals surface area contributed by atoms with Crippen molar-refractivity contribution < 1.29 is 19.4 Å². The number of hydrogen-bond acceptors (Lipinski definition) is 3. The minimum Gasteiger partial charge on any atom is -0.481 e. The highest BCUT2D eigenvalue weighted by Crippen LogP contribution is 2.40. The van der Waals surface area contributed by atoms with Crippen molar-refractivity contribution in [2.24, 2.45) is 5.41 Å². The molecule has 1 amide bonds. The maximum atomic E-state index is 11.2. The zero-order chi connectivity index (χ0) is 11.3. The number of carbonyl (C=O) groups is 2. The van der Waals surface area contributed by atoms with Crippen LogP contribution in [0.15, 0.2) is 0 Å². The maximum Gasteiger partial charge on any atom is 0.311 e. The van der Waals surface area contributed by atoms with E-state index in [9.17, 15) is 9.59 Å². The zero-order valence-electron chi connectivity index (χ0n) is 8.91. The molecular formula is C10H17NO4. The molecule has 0 heterocycles. The third kappa shape index (κ3) is 2.92. The molecule has 0 saturated heterocycles. The minimum atomic E-state index is -0.805. The molecule has 0 aromatic carbocycles. The van der Waals surface area contributed by atoms with Gasteiger partial charge in [-0.25, -0.2) is 0 Å². The van der Waals surface area contributed by atoms with Gasteiger partial charge in [0.15, 0.2) is 0 Å². The van der Waals surface area contributed by atoms with Crippen LogP contribution in [0.25, 0.3) is 0 Å². The standard InChI is InChI=1S/C10H17NO4/c1-15-6-3-8(12)11-7-10(9(13)14)4-2-5-10/h2-7H2,1H3,(H,11,12)(H,13,14). The molecule has 15 heavy (non-hydrogen) atoms. The van der Waals surface area contributed by atoms with Crippen molar-refractivity contribution in [2.45, 2.75) is 25.7 Å². The van der Waals surface area contributed by atoms with Crippen LogP contribution in [0.4, 0.5) is 0 Å². The number of hydrogen-bond donors (Lipinski definition) is 2. The Bertz CT molecular complexity index is 248. The predicted octanol–water partition coefficient (Wildman–Crippen LogP) is 0.394. The van der Waals surface area contributed by atoms with Crippen LogP contribution in [0.2, 0.25) is 0 Å². The Kier molecular flexibility index (Phi) is 4.08. The molecule has 0 unspecified atom stereocenters. The highest BCUT2D eigenvalue weighted by molar-refractivity contribution is 5.79. The second kappa shape index (κ2) is 5.11. The van der Waals surface area contributed by atoms with Gasteiger partial charge in [-0.3, -0.25) is 9.59 Å². The van der Waals surface area contributed by atoms with Gasteiger partial charge in [0.2, 0.25) is 5.91 Å². The summed E-state index contributed by atoms with van der Waals surface area (Å²) in [6, 6.07) is 0. The molecule has 0 aromatic heterocycles. The molecule has 0 aromatic rings. The van der Waals surface area contributed by atoms with Gasteiger partial charge in [0.05, 0.1) is 12.0 Å². The molecule has 0 aliphatic heterocycles. The number of aliphatic carboxylic acids is 1. The monoisotopic (exact) mass is 215 g/mol. The molecule has 0 atom stereocenters. The Labute approximate surface area is 88.8 Å². The fourth-order valence-corrected chi connectivity index (χ4v) is 1.62. The summed E-state index contributed by atoms with van der Waals surface area (Å²) in [6.45, 7) is 0.608. The van der Waals surface area contributed by atoms with Crippen LogP contribution in [-0.2, 0) is 14.3 Å². The Balaban J connectivity index is 2.29. The average Bonchev–Trinajstić information content (AvgIpc) is 2.12. The number of rotatable bonds is 6. The van der Waals surface area contributed by atoms with Gasteiger partial charge in [-0.05, 0) is 12.8 Å². The molecule has 1 aliphatic carbocycles. The Morgan fingerprint density at radius 1 is 1.47 bits per heavy atom. The highest BCUT2D eigenvalue weighted by Gasteiger charge is 2.44. The van der Waals surface area contributed by atoms with Crippen molar-refractivity contribution in [3.05, 3.63) is 0 Å². The van der Waals surface area contributed by atoms with E-state index in [2.05, 4.69) is 5.32 Å². The molecule has 5 nitrogen and oxygen atoms in total. The smallest absolute Gasteiger partial charge is 0.311 e. The second-order valence-corrected chi connectivity index (χ2v) is 3.96. The van der Waals surface area contributed by atoms with Crippen LogP contribution < -0.4 is 5.32 Å². The van der Waals surface area contributed by atoms with Crippen molar-refractivity contribution in [3.63, 3.8) is 0 Å². The molecule has 1 saturated carbocycles. The summed E-state index contributed by atoms with van der Waals surface area (Å²) in [6.07, 6.45) is 2.53. The van der Waals surface area contributed by atoms with Crippen molar-refractivity contribution in [3.8, 4) is 0 Å². The lowest BCUT2D eigenvalue weighted by molar-refractivity contribution is -0.154. The summed E-state index contributed by atoms with van der Waals surface area (Å²) in [5, 5.41) is 11.6.